The Kier molecular flexibility index (Phi) is 4.24. The highest BCUT2D eigenvalue weighted by Gasteiger charge is 2.23. The largest absolute Gasteiger partial charge is 0.375 e. The molecule has 126 valence electrons. The van der Waals surface area contributed by atoms with Gasteiger partial charge in [-0.25, -0.2) is 4.98 Å². The first-order chi connectivity index (χ1) is 12.2. The molecule has 4 rings (SSSR count). The number of rotatable bonds is 3. The van der Waals surface area contributed by atoms with E-state index in [1.807, 2.05) is 54.6 Å². The first kappa shape index (κ1) is 15.8. The number of thiazole rings is 1. The lowest BCUT2D eigenvalue weighted by Crippen LogP contribution is -2.38. The lowest BCUT2D eigenvalue weighted by Gasteiger charge is -2.22. The molecule has 4 nitrogen and oxygen atoms in total. The van der Waals surface area contributed by atoms with Gasteiger partial charge in [-0.15, -0.1) is 11.3 Å². The van der Waals surface area contributed by atoms with Crippen molar-refractivity contribution in [1.82, 2.24) is 10.3 Å². The van der Waals surface area contributed by atoms with Crippen molar-refractivity contribution in [3.8, 4) is 11.1 Å². The van der Waals surface area contributed by atoms with E-state index in [0.29, 0.717) is 10.7 Å². The molecule has 1 atom stereocenters. The van der Waals surface area contributed by atoms with Crippen molar-refractivity contribution in [3.63, 3.8) is 0 Å². The number of anilines is 1. The Labute approximate surface area is 150 Å². The minimum Gasteiger partial charge on any atom is -0.375 e. The zero-order valence-electron chi connectivity index (χ0n) is 13.7. The molecule has 3 N–H and O–H groups in total. The summed E-state index contributed by atoms with van der Waals surface area (Å²) in [4.78, 5) is 18.2. The SMILES string of the molecule is Nc1nc2c(s1)CC(NC(=O)c1cccc(-c3ccccc3)c1)CC2. The van der Waals surface area contributed by atoms with Crippen LogP contribution >= 0.6 is 11.3 Å². The number of hydrogen-bond donors (Lipinski definition) is 2. The first-order valence-electron chi connectivity index (χ1n) is 8.39. The molecule has 0 spiro atoms. The maximum Gasteiger partial charge on any atom is 0.251 e. The molecule has 0 aliphatic heterocycles. The third-order valence-corrected chi connectivity index (χ3v) is 5.47. The molecule has 1 unspecified atom stereocenters. The minimum atomic E-state index is -0.0243. The topological polar surface area (TPSA) is 68.0 Å². The summed E-state index contributed by atoms with van der Waals surface area (Å²) in [5.74, 6) is -0.0243. The Hall–Kier alpha value is -2.66. The number of nitrogens with one attached hydrogen (secondary N) is 1. The third-order valence-electron chi connectivity index (χ3n) is 4.52. The number of hydrogen-bond acceptors (Lipinski definition) is 4. The summed E-state index contributed by atoms with van der Waals surface area (Å²) in [6, 6.07) is 18.0. The van der Waals surface area contributed by atoms with Crippen LogP contribution in [0.25, 0.3) is 11.1 Å². The number of fused-ring (bicyclic) bond motifs is 1. The quantitative estimate of drug-likeness (QED) is 0.758. The second-order valence-electron chi connectivity index (χ2n) is 6.28. The van der Waals surface area contributed by atoms with Gasteiger partial charge in [0.05, 0.1) is 5.69 Å². The van der Waals surface area contributed by atoms with Gasteiger partial charge >= 0.3 is 0 Å². The Balaban J connectivity index is 1.49. The van der Waals surface area contributed by atoms with E-state index in [0.717, 1.165) is 36.1 Å². The van der Waals surface area contributed by atoms with Gasteiger partial charge in [0.25, 0.3) is 5.91 Å². The van der Waals surface area contributed by atoms with Gasteiger partial charge in [-0.3, -0.25) is 4.79 Å². The van der Waals surface area contributed by atoms with Gasteiger partial charge in [0.15, 0.2) is 5.13 Å². The van der Waals surface area contributed by atoms with Gasteiger partial charge in [-0.05, 0) is 36.1 Å². The average Bonchev–Trinajstić information content (AvgIpc) is 3.02. The summed E-state index contributed by atoms with van der Waals surface area (Å²) in [6.07, 6.45) is 2.59. The summed E-state index contributed by atoms with van der Waals surface area (Å²) < 4.78 is 0. The fourth-order valence-electron chi connectivity index (χ4n) is 3.26. The van der Waals surface area contributed by atoms with Crippen LogP contribution in [0.3, 0.4) is 0 Å². The van der Waals surface area contributed by atoms with Gasteiger partial charge in [0.1, 0.15) is 0 Å². The standard InChI is InChI=1S/C20H19N3OS/c21-20-23-17-10-9-16(12-18(17)25-20)22-19(24)15-8-4-7-14(11-15)13-5-2-1-3-6-13/h1-8,11,16H,9-10,12H2,(H2,21,23)(H,22,24). The fraction of sp³-hybridized carbons (Fsp3) is 0.200. The lowest BCUT2D eigenvalue weighted by molar-refractivity contribution is 0.0934. The molecule has 1 amide bonds. The number of amides is 1. The number of aryl methyl sites for hydroxylation is 1. The minimum absolute atomic E-state index is 0.0243. The highest BCUT2D eigenvalue weighted by Crippen LogP contribution is 2.28. The predicted molar refractivity (Wildman–Crippen MR) is 102 cm³/mol. The molecule has 5 heteroatoms. The average molecular weight is 349 g/mol. The summed E-state index contributed by atoms with van der Waals surface area (Å²) in [7, 11) is 0. The van der Waals surface area contributed by atoms with Crippen molar-refractivity contribution in [1.29, 1.82) is 0 Å². The monoisotopic (exact) mass is 349 g/mol. The van der Waals surface area contributed by atoms with Gasteiger partial charge in [-0.1, -0.05) is 42.5 Å². The molecule has 25 heavy (non-hydrogen) atoms. The maximum atomic E-state index is 12.7. The van der Waals surface area contributed by atoms with E-state index in [4.69, 9.17) is 5.73 Å². The van der Waals surface area contributed by atoms with Crippen LogP contribution in [-0.4, -0.2) is 16.9 Å². The van der Waals surface area contributed by atoms with Crippen LogP contribution in [-0.2, 0) is 12.8 Å². The fourth-order valence-corrected chi connectivity index (χ4v) is 4.22. The van der Waals surface area contributed by atoms with Crippen LogP contribution in [0.15, 0.2) is 54.6 Å². The maximum absolute atomic E-state index is 12.7. The van der Waals surface area contributed by atoms with Crippen molar-refractivity contribution >= 4 is 22.4 Å². The van der Waals surface area contributed by atoms with E-state index in [1.54, 1.807) is 0 Å². The van der Waals surface area contributed by atoms with Crippen LogP contribution < -0.4 is 11.1 Å². The van der Waals surface area contributed by atoms with Crippen LogP contribution in [0.1, 0.15) is 27.3 Å². The highest BCUT2D eigenvalue weighted by molar-refractivity contribution is 7.15. The Morgan fingerprint density at radius 2 is 1.92 bits per heavy atom. The molecular weight excluding hydrogens is 330 g/mol. The number of carbonyl (C=O) groups excluding carboxylic acids is 1. The van der Waals surface area contributed by atoms with E-state index in [9.17, 15) is 4.79 Å². The number of nitrogen functional groups attached to an aromatic ring is 1. The van der Waals surface area contributed by atoms with Gasteiger partial charge in [0.2, 0.25) is 0 Å². The number of nitrogens with two attached hydrogens (primary N) is 1. The van der Waals surface area contributed by atoms with Crippen molar-refractivity contribution in [2.75, 3.05) is 5.73 Å². The van der Waals surface area contributed by atoms with E-state index >= 15 is 0 Å². The van der Waals surface area contributed by atoms with E-state index in [2.05, 4.69) is 10.3 Å². The number of benzene rings is 2. The van der Waals surface area contributed by atoms with Gasteiger partial charge in [0, 0.05) is 22.9 Å². The van der Waals surface area contributed by atoms with Gasteiger partial charge < -0.3 is 11.1 Å². The summed E-state index contributed by atoms with van der Waals surface area (Å²) in [5, 5.41) is 3.78. The first-order valence-corrected chi connectivity index (χ1v) is 9.21. The van der Waals surface area contributed by atoms with Crippen LogP contribution in [0.5, 0.6) is 0 Å². The molecule has 1 aliphatic carbocycles. The van der Waals surface area contributed by atoms with Crippen molar-refractivity contribution in [3.05, 3.63) is 70.7 Å². The van der Waals surface area contributed by atoms with Crippen LogP contribution in [0, 0.1) is 0 Å². The van der Waals surface area contributed by atoms with E-state index in [-0.39, 0.29) is 11.9 Å². The second kappa shape index (κ2) is 6.69. The Bertz CT molecular complexity index is 904. The molecule has 0 fully saturated rings. The van der Waals surface area contributed by atoms with Gasteiger partial charge in [-0.2, -0.15) is 0 Å². The molecule has 0 radical (unpaired) electrons. The number of carbonyl (C=O) groups is 1. The van der Waals surface area contributed by atoms with Crippen molar-refractivity contribution in [2.24, 2.45) is 0 Å². The molecule has 3 aromatic rings. The van der Waals surface area contributed by atoms with Crippen LogP contribution in [0.4, 0.5) is 5.13 Å². The smallest absolute Gasteiger partial charge is 0.251 e. The Morgan fingerprint density at radius 3 is 2.76 bits per heavy atom. The van der Waals surface area contributed by atoms with Crippen LogP contribution in [0.2, 0.25) is 0 Å². The predicted octanol–water partition coefficient (Wildman–Crippen LogP) is 3.68. The molecule has 0 saturated heterocycles. The molecular formula is C20H19N3OS. The normalized spacial score (nSPS) is 16.2. The second-order valence-corrected chi connectivity index (χ2v) is 7.40. The summed E-state index contributed by atoms with van der Waals surface area (Å²) in [6.45, 7) is 0. The number of nitrogens with zero attached hydrogens (tertiary/aromatic N) is 1. The summed E-state index contributed by atoms with van der Waals surface area (Å²) >= 11 is 1.53. The zero-order valence-corrected chi connectivity index (χ0v) is 14.6. The molecule has 1 aromatic heterocycles. The van der Waals surface area contributed by atoms with Crippen molar-refractivity contribution < 1.29 is 4.79 Å². The molecule has 1 heterocycles. The zero-order chi connectivity index (χ0) is 17.2. The number of aromatic nitrogens is 1. The Morgan fingerprint density at radius 1 is 1.12 bits per heavy atom. The summed E-state index contributed by atoms with van der Waals surface area (Å²) in [5.41, 5.74) is 9.74. The third kappa shape index (κ3) is 3.42. The molecule has 2 aromatic carbocycles. The van der Waals surface area contributed by atoms with E-state index < -0.39 is 0 Å². The van der Waals surface area contributed by atoms with Crippen molar-refractivity contribution in [2.45, 2.75) is 25.3 Å². The van der Waals surface area contributed by atoms with E-state index in [1.165, 1.54) is 16.2 Å². The molecule has 0 saturated carbocycles. The molecule has 1 aliphatic rings. The highest BCUT2D eigenvalue weighted by atomic mass is 32.1. The molecule has 0 bridgehead atoms. The lowest BCUT2D eigenvalue weighted by atomic mass is 9.97.